The van der Waals surface area contributed by atoms with Crippen molar-refractivity contribution in [3.63, 3.8) is 0 Å². The zero-order valence-corrected chi connectivity index (χ0v) is 12.3. The van der Waals surface area contributed by atoms with Crippen molar-refractivity contribution >= 4 is 11.4 Å². The fourth-order valence-corrected chi connectivity index (χ4v) is 1.99. The quantitative estimate of drug-likeness (QED) is 0.764. The molecule has 2 aromatic carbocycles. The zero-order valence-electron chi connectivity index (χ0n) is 12.3. The Hall–Kier alpha value is -2.36. The molecule has 1 unspecified atom stereocenters. The number of ether oxygens (including phenoxy) is 2. The van der Waals surface area contributed by atoms with E-state index in [9.17, 15) is 0 Å². The summed E-state index contributed by atoms with van der Waals surface area (Å²) in [5.74, 6) is 1.61. The van der Waals surface area contributed by atoms with Crippen LogP contribution in [0.3, 0.4) is 0 Å². The standard InChI is InChI=1S/C17H22N2O2/c1-2-3-17(21-16-10-6-14(19)7-11-16)12-20-15-8-4-13(18)5-9-15/h4-11,17H,2-3,12,18-19H2,1H3. The first-order valence-electron chi connectivity index (χ1n) is 7.18. The van der Waals surface area contributed by atoms with Gasteiger partial charge in [-0.3, -0.25) is 0 Å². The van der Waals surface area contributed by atoms with E-state index >= 15 is 0 Å². The van der Waals surface area contributed by atoms with Gasteiger partial charge in [0.15, 0.2) is 0 Å². The van der Waals surface area contributed by atoms with E-state index < -0.39 is 0 Å². The minimum absolute atomic E-state index is 0.0103. The van der Waals surface area contributed by atoms with Gasteiger partial charge in [-0.05, 0) is 55.0 Å². The third-order valence-corrected chi connectivity index (χ3v) is 3.11. The van der Waals surface area contributed by atoms with Gasteiger partial charge < -0.3 is 20.9 Å². The molecular formula is C17H22N2O2. The molecule has 0 fully saturated rings. The molecule has 0 heterocycles. The van der Waals surface area contributed by atoms with Crippen LogP contribution in [0.1, 0.15) is 19.8 Å². The fourth-order valence-electron chi connectivity index (χ4n) is 1.99. The number of hydrogen-bond acceptors (Lipinski definition) is 4. The van der Waals surface area contributed by atoms with Gasteiger partial charge in [0.25, 0.3) is 0 Å². The predicted octanol–water partition coefficient (Wildman–Crippen LogP) is 3.48. The first-order valence-corrected chi connectivity index (χ1v) is 7.18. The molecule has 0 spiro atoms. The summed E-state index contributed by atoms with van der Waals surface area (Å²) in [5, 5.41) is 0. The van der Waals surface area contributed by atoms with E-state index in [0.29, 0.717) is 6.61 Å². The van der Waals surface area contributed by atoms with Crippen molar-refractivity contribution in [3.05, 3.63) is 48.5 Å². The smallest absolute Gasteiger partial charge is 0.133 e. The molecule has 0 aromatic heterocycles. The molecule has 1 atom stereocenters. The van der Waals surface area contributed by atoms with E-state index in [2.05, 4.69) is 6.92 Å². The van der Waals surface area contributed by atoms with Crippen LogP contribution in [0.5, 0.6) is 11.5 Å². The Labute approximate surface area is 125 Å². The molecule has 21 heavy (non-hydrogen) atoms. The van der Waals surface area contributed by atoms with Crippen molar-refractivity contribution in [2.24, 2.45) is 0 Å². The maximum Gasteiger partial charge on any atom is 0.133 e. The number of anilines is 2. The van der Waals surface area contributed by atoms with Gasteiger partial charge >= 0.3 is 0 Å². The number of nitrogen functional groups attached to an aromatic ring is 2. The van der Waals surface area contributed by atoms with Crippen molar-refractivity contribution in [3.8, 4) is 11.5 Å². The van der Waals surface area contributed by atoms with E-state index in [1.54, 1.807) is 0 Å². The summed E-state index contributed by atoms with van der Waals surface area (Å²) in [6, 6.07) is 14.8. The molecule has 0 aliphatic heterocycles. The Balaban J connectivity index is 1.92. The molecule has 0 amide bonds. The van der Waals surface area contributed by atoms with Gasteiger partial charge in [0.2, 0.25) is 0 Å². The van der Waals surface area contributed by atoms with Crippen LogP contribution in [0.25, 0.3) is 0 Å². The maximum absolute atomic E-state index is 5.95. The summed E-state index contributed by atoms with van der Waals surface area (Å²) < 4.78 is 11.7. The van der Waals surface area contributed by atoms with Crippen molar-refractivity contribution in [2.45, 2.75) is 25.9 Å². The average molecular weight is 286 g/mol. The number of nitrogens with two attached hydrogens (primary N) is 2. The molecule has 4 nitrogen and oxygen atoms in total. The SMILES string of the molecule is CCCC(COc1ccc(N)cc1)Oc1ccc(N)cc1. The van der Waals surface area contributed by atoms with Crippen LogP contribution in [0.15, 0.2) is 48.5 Å². The molecule has 0 saturated carbocycles. The topological polar surface area (TPSA) is 70.5 Å². The maximum atomic E-state index is 5.95. The molecule has 4 N–H and O–H groups in total. The molecule has 4 heteroatoms. The third-order valence-electron chi connectivity index (χ3n) is 3.11. The minimum atomic E-state index is 0.0103. The predicted molar refractivity (Wildman–Crippen MR) is 86.5 cm³/mol. The van der Waals surface area contributed by atoms with Crippen LogP contribution in [0, 0.1) is 0 Å². The largest absolute Gasteiger partial charge is 0.490 e. The van der Waals surface area contributed by atoms with Gasteiger partial charge in [0.05, 0.1) is 0 Å². The molecule has 0 bridgehead atoms. The van der Waals surface area contributed by atoms with Crippen molar-refractivity contribution < 1.29 is 9.47 Å². The average Bonchev–Trinajstić information content (AvgIpc) is 2.49. The van der Waals surface area contributed by atoms with Crippen LogP contribution in [-0.2, 0) is 0 Å². The normalized spacial score (nSPS) is 11.9. The number of rotatable bonds is 7. The van der Waals surface area contributed by atoms with Crippen molar-refractivity contribution in [2.75, 3.05) is 18.1 Å². The second-order valence-corrected chi connectivity index (χ2v) is 4.98. The van der Waals surface area contributed by atoms with Crippen molar-refractivity contribution in [1.29, 1.82) is 0 Å². The summed E-state index contributed by atoms with van der Waals surface area (Å²) >= 11 is 0. The van der Waals surface area contributed by atoms with Gasteiger partial charge in [-0.15, -0.1) is 0 Å². The lowest BCUT2D eigenvalue weighted by atomic mass is 10.2. The Kier molecular flexibility index (Phi) is 5.32. The van der Waals surface area contributed by atoms with E-state index in [0.717, 1.165) is 35.7 Å². The first-order chi connectivity index (χ1) is 10.2. The Morgan fingerprint density at radius 3 is 1.90 bits per heavy atom. The lowest BCUT2D eigenvalue weighted by molar-refractivity contribution is 0.120. The Morgan fingerprint density at radius 2 is 1.38 bits per heavy atom. The van der Waals surface area contributed by atoms with Gasteiger partial charge in [0.1, 0.15) is 24.2 Å². The van der Waals surface area contributed by atoms with Gasteiger partial charge in [-0.2, -0.15) is 0 Å². The number of benzene rings is 2. The van der Waals surface area contributed by atoms with Crippen molar-refractivity contribution in [1.82, 2.24) is 0 Å². The Morgan fingerprint density at radius 1 is 0.857 bits per heavy atom. The summed E-state index contributed by atoms with van der Waals surface area (Å²) in [6.45, 7) is 2.63. The molecule has 2 rings (SSSR count). The molecule has 0 radical (unpaired) electrons. The second kappa shape index (κ2) is 7.43. The molecule has 0 aliphatic carbocycles. The number of hydrogen-bond donors (Lipinski definition) is 2. The minimum Gasteiger partial charge on any atom is -0.490 e. The lowest BCUT2D eigenvalue weighted by Crippen LogP contribution is -2.24. The second-order valence-electron chi connectivity index (χ2n) is 4.98. The van der Waals surface area contributed by atoms with E-state index in [-0.39, 0.29) is 6.10 Å². The van der Waals surface area contributed by atoms with Crippen LogP contribution in [-0.4, -0.2) is 12.7 Å². The van der Waals surface area contributed by atoms with Crippen LogP contribution in [0.4, 0.5) is 11.4 Å². The first kappa shape index (κ1) is 15.0. The molecule has 0 saturated heterocycles. The summed E-state index contributed by atoms with van der Waals surface area (Å²) in [4.78, 5) is 0. The highest BCUT2D eigenvalue weighted by Crippen LogP contribution is 2.18. The summed E-state index contributed by atoms with van der Waals surface area (Å²) in [6.07, 6.45) is 1.97. The molecule has 2 aromatic rings. The van der Waals surface area contributed by atoms with Crippen LogP contribution >= 0.6 is 0 Å². The fraction of sp³-hybridized carbons (Fsp3) is 0.294. The molecular weight excluding hydrogens is 264 g/mol. The van der Waals surface area contributed by atoms with E-state index in [4.69, 9.17) is 20.9 Å². The van der Waals surface area contributed by atoms with Gasteiger partial charge in [0, 0.05) is 11.4 Å². The van der Waals surface area contributed by atoms with E-state index in [1.165, 1.54) is 0 Å². The zero-order chi connectivity index (χ0) is 15.1. The highest BCUT2D eigenvalue weighted by atomic mass is 16.5. The monoisotopic (exact) mass is 286 g/mol. The summed E-state index contributed by atoms with van der Waals surface area (Å²) in [5.41, 5.74) is 12.8. The highest BCUT2D eigenvalue weighted by molar-refractivity contribution is 5.42. The Bertz CT molecular complexity index is 538. The molecule has 112 valence electrons. The summed E-state index contributed by atoms with van der Waals surface area (Å²) in [7, 11) is 0. The van der Waals surface area contributed by atoms with E-state index in [1.807, 2.05) is 48.5 Å². The molecule has 0 aliphatic rings. The third kappa shape index (κ3) is 4.91. The van der Waals surface area contributed by atoms with Crippen LogP contribution < -0.4 is 20.9 Å². The lowest BCUT2D eigenvalue weighted by Gasteiger charge is -2.19. The van der Waals surface area contributed by atoms with Gasteiger partial charge in [-0.1, -0.05) is 13.3 Å². The highest BCUT2D eigenvalue weighted by Gasteiger charge is 2.11. The van der Waals surface area contributed by atoms with Gasteiger partial charge in [-0.25, -0.2) is 0 Å². The van der Waals surface area contributed by atoms with Crippen LogP contribution in [0.2, 0.25) is 0 Å².